The number of nitrogens with zero attached hydrogens (tertiary/aromatic N) is 4. The first-order valence-corrected chi connectivity index (χ1v) is 7.78. The van der Waals surface area contributed by atoms with E-state index in [2.05, 4.69) is 29.1 Å². The van der Waals surface area contributed by atoms with Crippen LogP contribution in [0, 0.1) is 0 Å². The predicted octanol–water partition coefficient (Wildman–Crippen LogP) is 2.82. The van der Waals surface area contributed by atoms with E-state index in [4.69, 9.17) is 4.74 Å². The van der Waals surface area contributed by atoms with Gasteiger partial charge in [0.15, 0.2) is 5.69 Å². The van der Waals surface area contributed by atoms with Gasteiger partial charge in [-0.2, -0.15) is 0 Å². The molecule has 0 aromatic carbocycles. The molecule has 7 heteroatoms. The zero-order valence-corrected chi connectivity index (χ0v) is 13.8. The molecule has 114 valence electrons. The van der Waals surface area contributed by atoms with Crippen LogP contribution in [-0.4, -0.2) is 33.1 Å². The van der Waals surface area contributed by atoms with E-state index in [1.54, 1.807) is 16.0 Å². The van der Waals surface area contributed by atoms with E-state index >= 15 is 0 Å². The fourth-order valence-corrected chi connectivity index (χ4v) is 2.89. The molecule has 2 aromatic heterocycles. The summed E-state index contributed by atoms with van der Waals surface area (Å²) in [5, 5.41) is 11.2. The van der Waals surface area contributed by atoms with E-state index in [1.807, 2.05) is 19.2 Å². The molecule has 0 saturated heterocycles. The van der Waals surface area contributed by atoms with E-state index in [0.29, 0.717) is 12.5 Å². The largest absolute Gasteiger partial charge is 0.464 e. The number of thiazole rings is 1. The number of hydrogen-bond donors (Lipinski definition) is 0. The van der Waals surface area contributed by atoms with Gasteiger partial charge in [-0.1, -0.05) is 32.9 Å². The van der Waals surface area contributed by atoms with E-state index in [-0.39, 0.29) is 11.6 Å². The molecule has 0 aliphatic carbocycles. The summed E-state index contributed by atoms with van der Waals surface area (Å²) in [7, 11) is 1.35. The van der Waals surface area contributed by atoms with Crippen LogP contribution in [0.1, 0.15) is 66.4 Å². The highest BCUT2D eigenvalue weighted by Crippen LogP contribution is 2.22. The van der Waals surface area contributed by atoms with Crippen LogP contribution in [0.5, 0.6) is 0 Å². The minimum Gasteiger partial charge on any atom is -0.464 e. The van der Waals surface area contributed by atoms with Crippen molar-refractivity contribution >= 4 is 17.3 Å². The standard InChI is InChI=1S/C14H20N4O2S/c1-8(2)12-11(14(19)20-5)16-17-18(12)6-10-7-21-13(15-10)9(3)4/h7-9H,6H2,1-5H3. The number of carbonyl (C=O) groups is 1. The Labute approximate surface area is 128 Å². The lowest BCUT2D eigenvalue weighted by molar-refractivity contribution is 0.0592. The van der Waals surface area contributed by atoms with Crippen molar-refractivity contribution in [2.75, 3.05) is 7.11 Å². The summed E-state index contributed by atoms with van der Waals surface area (Å²) < 4.78 is 6.49. The van der Waals surface area contributed by atoms with Crippen LogP contribution in [0.25, 0.3) is 0 Å². The average Bonchev–Trinajstić information content (AvgIpc) is 3.05. The van der Waals surface area contributed by atoms with E-state index in [9.17, 15) is 4.79 Å². The summed E-state index contributed by atoms with van der Waals surface area (Å²) in [4.78, 5) is 16.3. The normalized spacial score (nSPS) is 11.4. The van der Waals surface area contributed by atoms with Crippen LogP contribution in [0.4, 0.5) is 0 Å². The number of aromatic nitrogens is 4. The molecule has 0 saturated carbocycles. The highest BCUT2D eigenvalue weighted by Gasteiger charge is 2.23. The first kappa shape index (κ1) is 15.6. The van der Waals surface area contributed by atoms with Crippen molar-refractivity contribution in [1.82, 2.24) is 20.0 Å². The number of esters is 1. The van der Waals surface area contributed by atoms with Gasteiger partial charge in [0.2, 0.25) is 0 Å². The third-order valence-corrected chi connectivity index (χ3v) is 4.27. The van der Waals surface area contributed by atoms with Crippen LogP contribution in [-0.2, 0) is 11.3 Å². The molecule has 0 aliphatic rings. The second kappa shape index (κ2) is 6.34. The fourth-order valence-electron chi connectivity index (χ4n) is 2.06. The molecular weight excluding hydrogens is 288 g/mol. The summed E-state index contributed by atoms with van der Waals surface area (Å²) in [6.07, 6.45) is 0. The van der Waals surface area contributed by atoms with E-state index < -0.39 is 5.97 Å². The molecule has 0 radical (unpaired) electrons. The van der Waals surface area contributed by atoms with Gasteiger partial charge in [-0.25, -0.2) is 14.5 Å². The quantitative estimate of drug-likeness (QED) is 0.794. The topological polar surface area (TPSA) is 69.9 Å². The smallest absolute Gasteiger partial charge is 0.360 e. The van der Waals surface area contributed by atoms with Crippen molar-refractivity contribution in [3.05, 3.63) is 27.5 Å². The fraction of sp³-hybridized carbons (Fsp3) is 0.571. The maximum Gasteiger partial charge on any atom is 0.360 e. The molecule has 0 unspecified atom stereocenters. The maximum atomic E-state index is 11.7. The average molecular weight is 308 g/mol. The third-order valence-electron chi connectivity index (χ3n) is 3.07. The van der Waals surface area contributed by atoms with Gasteiger partial charge in [0, 0.05) is 11.3 Å². The monoisotopic (exact) mass is 308 g/mol. The number of hydrogen-bond acceptors (Lipinski definition) is 6. The van der Waals surface area contributed by atoms with Gasteiger partial charge < -0.3 is 4.74 Å². The summed E-state index contributed by atoms with van der Waals surface area (Å²) in [6, 6.07) is 0. The molecule has 0 bridgehead atoms. The Morgan fingerprint density at radius 2 is 2.05 bits per heavy atom. The zero-order chi connectivity index (χ0) is 15.6. The second-order valence-corrected chi connectivity index (χ2v) is 6.35. The number of ether oxygens (including phenoxy) is 1. The molecule has 0 spiro atoms. The van der Waals surface area contributed by atoms with Gasteiger partial charge in [-0.15, -0.1) is 16.4 Å². The molecule has 6 nitrogen and oxygen atoms in total. The SMILES string of the molecule is COC(=O)c1nnn(Cc2csc(C(C)C)n2)c1C(C)C. The van der Waals surface area contributed by atoms with Gasteiger partial charge in [-0.3, -0.25) is 0 Å². The molecular formula is C14H20N4O2S. The molecule has 21 heavy (non-hydrogen) atoms. The lowest BCUT2D eigenvalue weighted by atomic mass is 10.1. The Morgan fingerprint density at radius 3 is 2.57 bits per heavy atom. The molecule has 0 fully saturated rings. The lowest BCUT2D eigenvalue weighted by Gasteiger charge is -2.09. The summed E-state index contributed by atoms with van der Waals surface area (Å²) >= 11 is 1.64. The summed E-state index contributed by atoms with van der Waals surface area (Å²) in [5.74, 6) is 0.0816. The van der Waals surface area contributed by atoms with Gasteiger partial charge >= 0.3 is 5.97 Å². The zero-order valence-electron chi connectivity index (χ0n) is 13.0. The minimum absolute atomic E-state index is 0.123. The third kappa shape index (κ3) is 3.29. The van der Waals surface area contributed by atoms with Gasteiger partial charge in [0.05, 0.1) is 30.1 Å². The van der Waals surface area contributed by atoms with Crippen molar-refractivity contribution in [2.45, 2.75) is 46.1 Å². The lowest BCUT2D eigenvalue weighted by Crippen LogP contribution is -2.12. The van der Waals surface area contributed by atoms with Gasteiger partial charge in [0.25, 0.3) is 0 Å². The molecule has 0 atom stereocenters. The molecule has 2 aromatic rings. The van der Waals surface area contributed by atoms with Crippen molar-refractivity contribution in [2.24, 2.45) is 0 Å². The van der Waals surface area contributed by atoms with Crippen molar-refractivity contribution < 1.29 is 9.53 Å². The Balaban J connectivity index is 2.31. The van der Waals surface area contributed by atoms with Crippen LogP contribution >= 0.6 is 11.3 Å². The van der Waals surface area contributed by atoms with Crippen molar-refractivity contribution in [3.8, 4) is 0 Å². The Hall–Kier alpha value is -1.76. The molecule has 0 aliphatic heterocycles. The molecule has 2 rings (SSSR count). The Kier molecular flexibility index (Phi) is 4.72. The van der Waals surface area contributed by atoms with Crippen molar-refractivity contribution in [1.29, 1.82) is 0 Å². The highest BCUT2D eigenvalue weighted by molar-refractivity contribution is 7.09. The van der Waals surface area contributed by atoms with Gasteiger partial charge in [0.1, 0.15) is 0 Å². The van der Waals surface area contributed by atoms with Crippen LogP contribution in [0.3, 0.4) is 0 Å². The van der Waals surface area contributed by atoms with E-state index in [0.717, 1.165) is 16.4 Å². The summed E-state index contributed by atoms with van der Waals surface area (Å²) in [5.41, 5.74) is 2.00. The van der Waals surface area contributed by atoms with Crippen LogP contribution in [0.15, 0.2) is 5.38 Å². The van der Waals surface area contributed by atoms with Gasteiger partial charge in [-0.05, 0) is 5.92 Å². The Morgan fingerprint density at radius 1 is 1.33 bits per heavy atom. The number of methoxy groups -OCH3 is 1. The second-order valence-electron chi connectivity index (χ2n) is 5.46. The Bertz CT molecular complexity index is 631. The highest BCUT2D eigenvalue weighted by atomic mass is 32.1. The number of rotatable bonds is 5. The van der Waals surface area contributed by atoms with Crippen LogP contribution in [0.2, 0.25) is 0 Å². The first-order chi connectivity index (χ1) is 9.93. The first-order valence-electron chi connectivity index (χ1n) is 6.90. The summed E-state index contributed by atoms with van der Waals surface area (Å²) in [6.45, 7) is 8.76. The number of carbonyl (C=O) groups excluding carboxylic acids is 1. The molecule has 0 amide bonds. The molecule has 2 heterocycles. The predicted molar refractivity (Wildman–Crippen MR) is 80.8 cm³/mol. The maximum absolute atomic E-state index is 11.7. The van der Waals surface area contributed by atoms with Crippen molar-refractivity contribution in [3.63, 3.8) is 0 Å². The minimum atomic E-state index is -0.453. The van der Waals surface area contributed by atoms with Crippen LogP contribution < -0.4 is 0 Å². The van der Waals surface area contributed by atoms with E-state index in [1.165, 1.54) is 7.11 Å². The molecule has 0 N–H and O–H groups in total.